The Labute approximate surface area is 204 Å². The van der Waals surface area contributed by atoms with Crippen LogP contribution in [0.3, 0.4) is 0 Å². The Balaban J connectivity index is 1.60. The summed E-state index contributed by atoms with van der Waals surface area (Å²) in [5.41, 5.74) is 1.50. The summed E-state index contributed by atoms with van der Waals surface area (Å²) in [6, 6.07) is 9.01. The second kappa shape index (κ2) is 10.2. The number of benzene rings is 1. The highest BCUT2D eigenvalue weighted by Crippen LogP contribution is 2.25. The highest BCUT2D eigenvalue weighted by Gasteiger charge is 2.25. The Bertz CT molecular complexity index is 1460. The van der Waals surface area contributed by atoms with Crippen LogP contribution in [0.15, 0.2) is 53.6 Å². The van der Waals surface area contributed by atoms with Crippen molar-refractivity contribution in [3.05, 3.63) is 75.0 Å². The molecule has 1 unspecified atom stereocenters. The molecule has 0 bridgehead atoms. The lowest BCUT2D eigenvalue weighted by atomic mass is 10.1. The van der Waals surface area contributed by atoms with Crippen LogP contribution < -0.4 is 15.9 Å². The third-order valence-electron chi connectivity index (χ3n) is 5.69. The van der Waals surface area contributed by atoms with Gasteiger partial charge in [0.2, 0.25) is 11.8 Å². The summed E-state index contributed by atoms with van der Waals surface area (Å²) in [5.74, 6) is -1.11. The van der Waals surface area contributed by atoms with E-state index in [0.717, 1.165) is 6.20 Å². The summed E-state index contributed by atoms with van der Waals surface area (Å²) in [5, 5.41) is 24.0. The number of carboxylic acid groups (broad SMARTS) is 1. The normalized spacial score (nSPS) is 11.8. The van der Waals surface area contributed by atoms with Crippen LogP contribution in [0, 0.1) is 10.1 Å². The van der Waals surface area contributed by atoms with Gasteiger partial charge in [0, 0.05) is 25.7 Å². The summed E-state index contributed by atoms with van der Waals surface area (Å²) < 4.78 is 1.42. The standard InChI is InChI=1S/C23H24N8O5/c1-3-29(4-2)22-25-13-18(31(35)36)19(28-22)26-17(21(32)33)12-14-7-9-15(10-8-14)30-20-16(27-23(30)34)6-5-11-24-20/h5-11,13,17H,3-4,12H2,1-2H3,(H,27,34)(H,32,33)(H,25,26,28). The minimum atomic E-state index is -1.20. The molecule has 0 aliphatic carbocycles. The van der Waals surface area contributed by atoms with Gasteiger partial charge in [-0.25, -0.2) is 24.1 Å². The number of rotatable bonds is 10. The Morgan fingerprint density at radius 3 is 2.58 bits per heavy atom. The number of carbonyl (C=O) groups is 1. The van der Waals surface area contributed by atoms with E-state index in [0.29, 0.717) is 35.5 Å². The maximum absolute atomic E-state index is 12.4. The molecule has 0 amide bonds. The van der Waals surface area contributed by atoms with Gasteiger partial charge in [0.1, 0.15) is 12.2 Å². The van der Waals surface area contributed by atoms with Crippen LogP contribution in [0.2, 0.25) is 0 Å². The molecule has 0 radical (unpaired) electrons. The van der Waals surface area contributed by atoms with Gasteiger partial charge in [-0.3, -0.25) is 10.1 Å². The predicted molar refractivity (Wildman–Crippen MR) is 133 cm³/mol. The molecular weight excluding hydrogens is 468 g/mol. The summed E-state index contributed by atoms with van der Waals surface area (Å²) >= 11 is 0. The molecule has 0 fully saturated rings. The van der Waals surface area contributed by atoms with E-state index in [2.05, 4.69) is 25.3 Å². The number of aromatic amines is 1. The third-order valence-corrected chi connectivity index (χ3v) is 5.69. The van der Waals surface area contributed by atoms with E-state index in [9.17, 15) is 24.8 Å². The minimum absolute atomic E-state index is 0.0123. The van der Waals surface area contributed by atoms with Gasteiger partial charge in [-0.15, -0.1) is 0 Å². The summed E-state index contributed by atoms with van der Waals surface area (Å²) in [6.07, 6.45) is 2.67. The lowest BCUT2D eigenvalue weighted by Crippen LogP contribution is -2.33. The molecule has 3 N–H and O–H groups in total. The highest BCUT2D eigenvalue weighted by molar-refractivity contribution is 5.78. The SMILES string of the molecule is CCN(CC)c1ncc([N+](=O)[O-])c(NC(Cc2ccc(-n3c(=O)[nH]c4cccnc43)cc2)C(=O)O)n1. The number of fused-ring (bicyclic) bond motifs is 1. The van der Waals surface area contributed by atoms with Crippen molar-refractivity contribution in [3.8, 4) is 5.69 Å². The van der Waals surface area contributed by atoms with Crippen molar-refractivity contribution >= 4 is 34.6 Å². The molecule has 4 rings (SSSR count). The fourth-order valence-corrected chi connectivity index (χ4v) is 3.83. The number of aromatic nitrogens is 5. The zero-order chi connectivity index (χ0) is 25.8. The number of nitrogens with one attached hydrogen (secondary N) is 2. The van der Waals surface area contributed by atoms with Crippen molar-refractivity contribution < 1.29 is 14.8 Å². The van der Waals surface area contributed by atoms with Crippen LogP contribution >= 0.6 is 0 Å². The Morgan fingerprint density at radius 2 is 1.94 bits per heavy atom. The third kappa shape index (κ3) is 4.85. The number of imidazole rings is 1. The van der Waals surface area contributed by atoms with E-state index in [1.807, 2.05) is 13.8 Å². The number of H-pyrrole nitrogens is 1. The zero-order valence-electron chi connectivity index (χ0n) is 19.6. The van der Waals surface area contributed by atoms with Gasteiger partial charge >= 0.3 is 17.3 Å². The topological polar surface area (TPSA) is 172 Å². The molecule has 0 saturated heterocycles. The van der Waals surface area contributed by atoms with Crippen LogP contribution in [-0.4, -0.2) is 59.6 Å². The molecule has 1 aromatic carbocycles. The van der Waals surface area contributed by atoms with E-state index in [-0.39, 0.29) is 23.9 Å². The average molecular weight is 492 g/mol. The molecular formula is C23H24N8O5. The molecule has 1 atom stereocenters. The van der Waals surface area contributed by atoms with Crippen molar-refractivity contribution in [1.29, 1.82) is 0 Å². The number of pyridine rings is 1. The van der Waals surface area contributed by atoms with E-state index in [1.54, 1.807) is 47.5 Å². The second-order valence-electron chi connectivity index (χ2n) is 7.88. The molecule has 0 aliphatic rings. The maximum atomic E-state index is 12.4. The van der Waals surface area contributed by atoms with Gasteiger partial charge in [-0.05, 0) is 43.7 Å². The van der Waals surface area contributed by atoms with E-state index in [4.69, 9.17) is 0 Å². The second-order valence-corrected chi connectivity index (χ2v) is 7.88. The van der Waals surface area contributed by atoms with Crippen LogP contribution in [-0.2, 0) is 11.2 Å². The first-order chi connectivity index (χ1) is 17.3. The molecule has 0 saturated carbocycles. The van der Waals surface area contributed by atoms with Crippen molar-refractivity contribution in [2.24, 2.45) is 0 Å². The number of hydrogen-bond acceptors (Lipinski definition) is 9. The van der Waals surface area contributed by atoms with E-state index >= 15 is 0 Å². The number of carboxylic acids is 1. The number of hydrogen-bond donors (Lipinski definition) is 3. The molecule has 0 spiro atoms. The van der Waals surface area contributed by atoms with Crippen LogP contribution in [0.5, 0.6) is 0 Å². The minimum Gasteiger partial charge on any atom is -0.480 e. The number of nitro groups is 1. The number of anilines is 2. The Kier molecular flexibility index (Phi) is 6.90. The molecule has 0 aliphatic heterocycles. The first-order valence-electron chi connectivity index (χ1n) is 11.2. The lowest BCUT2D eigenvalue weighted by Gasteiger charge is -2.20. The highest BCUT2D eigenvalue weighted by atomic mass is 16.6. The average Bonchev–Trinajstić information content (AvgIpc) is 3.20. The first-order valence-corrected chi connectivity index (χ1v) is 11.2. The lowest BCUT2D eigenvalue weighted by molar-refractivity contribution is -0.384. The van der Waals surface area contributed by atoms with Crippen LogP contribution in [0.25, 0.3) is 16.9 Å². The largest absolute Gasteiger partial charge is 0.480 e. The van der Waals surface area contributed by atoms with Crippen molar-refractivity contribution in [2.75, 3.05) is 23.3 Å². The van der Waals surface area contributed by atoms with Gasteiger partial charge in [-0.2, -0.15) is 4.98 Å². The molecule has 186 valence electrons. The van der Waals surface area contributed by atoms with E-state index in [1.165, 1.54) is 4.57 Å². The van der Waals surface area contributed by atoms with Gasteiger partial charge in [-0.1, -0.05) is 12.1 Å². The monoisotopic (exact) mass is 492 g/mol. The van der Waals surface area contributed by atoms with Crippen molar-refractivity contribution in [1.82, 2.24) is 24.5 Å². The molecule has 13 heteroatoms. The van der Waals surface area contributed by atoms with Gasteiger partial charge in [0.25, 0.3) is 0 Å². The molecule has 36 heavy (non-hydrogen) atoms. The first kappa shape index (κ1) is 24.3. The molecule has 4 aromatic rings. The number of aliphatic carboxylic acids is 1. The van der Waals surface area contributed by atoms with Crippen LogP contribution in [0.4, 0.5) is 17.5 Å². The Morgan fingerprint density at radius 1 is 1.22 bits per heavy atom. The molecule has 3 aromatic heterocycles. The predicted octanol–water partition coefficient (Wildman–Crippen LogP) is 2.37. The van der Waals surface area contributed by atoms with Gasteiger partial charge in [0.05, 0.1) is 16.1 Å². The quantitative estimate of drug-likeness (QED) is 0.220. The smallest absolute Gasteiger partial charge is 0.332 e. The van der Waals surface area contributed by atoms with Crippen molar-refractivity contribution in [2.45, 2.75) is 26.3 Å². The molecule has 13 nitrogen and oxygen atoms in total. The fourth-order valence-electron chi connectivity index (χ4n) is 3.83. The summed E-state index contributed by atoms with van der Waals surface area (Å²) in [4.78, 5) is 52.4. The Hall–Kier alpha value is -4.81. The molecule has 3 heterocycles. The maximum Gasteiger partial charge on any atom is 0.332 e. The van der Waals surface area contributed by atoms with Gasteiger partial charge in [0.15, 0.2) is 5.65 Å². The number of nitrogens with zero attached hydrogens (tertiary/aromatic N) is 6. The van der Waals surface area contributed by atoms with E-state index < -0.39 is 22.6 Å². The van der Waals surface area contributed by atoms with Gasteiger partial charge < -0.3 is 20.3 Å². The fraction of sp³-hybridized carbons (Fsp3) is 0.261. The van der Waals surface area contributed by atoms with Crippen LogP contribution in [0.1, 0.15) is 19.4 Å². The zero-order valence-corrected chi connectivity index (χ0v) is 19.6. The summed E-state index contributed by atoms with van der Waals surface area (Å²) in [7, 11) is 0. The van der Waals surface area contributed by atoms with Crippen molar-refractivity contribution in [3.63, 3.8) is 0 Å². The summed E-state index contributed by atoms with van der Waals surface area (Å²) in [6.45, 7) is 4.95.